The first kappa shape index (κ1) is 14.5. The smallest absolute Gasteiger partial charge is 0.487 e. The zero-order chi connectivity index (χ0) is 12.1. The van der Waals surface area contributed by atoms with Crippen LogP contribution in [0.5, 0.6) is 0 Å². The van der Waals surface area contributed by atoms with E-state index in [9.17, 15) is 10.1 Å². The lowest BCUT2D eigenvalue weighted by molar-refractivity contribution is -0.0985. The summed E-state index contributed by atoms with van der Waals surface area (Å²) in [5, 5.41) is 19.2. The maximum Gasteiger partial charge on any atom is 0.487 e. The maximum absolute atomic E-state index is 9.77. The fraction of sp³-hybridized carbons (Fsp3) is 0.800. The van der Waals surface area contributed by atoms with E-state index >= 15 is 0 Å². The predicted octanol–water partition coefficient (Wildman–Crippen LogP) is 1.12. The second-order valence-electron chi connectivity index (χ2n) is 4.36. The highest BCUT2D eigenvalue weighted by Crippen LogP contribution is 2.25. The van der Waals surface area contributed by atoms with E-state index in [-0.39, 0.29) is 0 Å². The van der Waals surface area contributed by atoms with Crippen LogP contribution in [0, 0.1) is 0 Å². The normalized spacial score (nSPS) is 13.3. The average Bonchev–Trinajstić information content (AvgIpc) is 2.01. The van der Waals surface area contributed by atoms with Gasteiger partial charge >= 0.3 is 7.12 Å². The Bertz CT molecular complexity index is 208. The molecule has 0 aromatic rings. The van der Waals surface area contributed by atoms with Crippen molar-refractivity contribution >= 4 is 7.12 Å². The summed E-state index contributed by atoms with van der Waals surface area (Å²) >= 11 is 0. The first-order chi connectivity index (χ1) is 6.70. The van der Waals surface area contributed by atoms with Crippen LogP contribution < -0.4 is 0 Å². The van der Waals surface area contributed by atoms with Gasteiger partial charge in [-0.15, -0.1) is 0 Å². The molecule has 0 bridgehead atoms. The molecule has 2 N–H and O–H groups in total. The molecule has 88 valence electrons. The summed E-state index contributed by atoms with van der Waals surface area (Å²) in [4.78, 5) is 0. The third-order valence-electron chi connectivity index (χ3n) is 2.39. The summed E-state index contributed by atoms with van der Waals surface area (Å²) in [6.45, 7) is 9.07. The molecule has 0 rings (SSSR count). The van der Waals surface area contributed by atoms with Crippen LogP contribution in [0.15, 0.2) is 12.2 Å². The highest BCUT2D eigenvalue weighted by molar-refractivity contribution is 6.49. The van der Waals surface area contributed by atoms with Gasteiger partial charge in [0.05, 0.1) is 24.1 Å². The van der Waals surface area contributed by atoms with E-state index in [1.807, 2.05) is 6.92 Å². The fourth-order valence-corrected chi connectivity index (χ4v) is 0.704. The molecule has 0 saturated carbocycles. The minimum atomic E-state index is -1.09. The molecule has 0 fully saturated rings. The second-order valence-corrected chi connectivity index (χ2v) is 4.36. The van der Waals surface area contributed by atoms with Crippen molar-refractivity contribution in [3.63, 3.8) is 0 Å². The average molecular weight is 216 g/mol. The van der Waals surface area contributed by atoms with Crippen molar-refractivity contribution in [3.8, 4) is 0 Å². The third-order valence-corrected chi connectivity index (χ3v) is 2.39. The number of ether oxygens (including phenoxy) is 1. The minimum Gasteiger partial charge on any atom is -0.502 e. The van der Waals surface area contributed by atoms with Gasteiger partial charge in [0.2, 0.25) is 0 Å². The Hall–Kier alpha value is -0.515. The van der Waals surface area contributed by atoms with Gasteiger partial charge < -0.3 is 19.5 Å². The molecule has 0 radical (unpaired) electrons. The Balaban J connectivity index is 4.22. The highest BCUT2D eigenvalue weighted by Gasteiger charge is 2.38. The van der Waals surface area contributed by atoms with Crippen molar-refractivity contribution in [1.82, 2.24) is 0 Å². The lowest BCUT2D eigenvalue weighted by Gasteiger charge is -2.37. The van der Waals surface area contributed by atoms with Crippen LogP contribution in [0.25, 0.3) is 0 Å². The summed E-state index contributed by atoms with van der Waals surface area (Å²) in [6, 6.07) is 0. The number of hydrogen-bond donors (Lipinski definition) is 2. The van der Waals surface area contributed by atoms with Crippen LogP contribution in [-0.2, 0) is 9.39 Å². The molecule has 0 aromatic heterocycles. The van der Waals surface area contributed by atoms with Crippen molar-refractivity contribution in [2.24, 2.45) is 0 Å². The van der Waals surface area contributed by atoms with Gasteiger partial charge in [-0.1, -0.05) is 0 Å². The van der Waals surface area contributed by atoms with Crippen LogP contribution in [0.1, 0.15) is 34.6 Å². The van der Waals surface area contributed by atoms with E-state index in [2.05, 4.69) is 0 Å². The van der Waals surface area contributed by atoms with E-state index < -0.39 is 18.3 Å². The molecule has 0 aliphatic rings. The summed E-state index contributed by atoms with van der Waals surface area (Å²) in [5.74, 6) is 1.39. The summed E-state index contributed by atoms with van der Waals surface area (Å²) in [7, 11) is -1.09. The molecule has 0 spiro atoms. The van der Waals surface area contributed by atoms with Crippen LogP contribution >= 0.6 is 0 Å². The highest BCUT2D eigenvalue weighted by atomic mass is 16.5. The molecule has 0 aromatic carbocycles. The van der Waals surface area contributed by atoms with Crippen LogP contribution in [0.3, 0.4) is 0 Å². The van der Waals surface area contributed by atoms with E-state index in [4.69, 9.17) is 9.39 Å². The van der Waals surface area contributed by atoms with E-state index in [0.717, 1.165) is 0 Å². The van der Waals surface area contributed by atoms with Gasteiger partial charge in [-0.3, -0.25) is 0 Å². The Labute approximate surface area is 92.0 Å². The number of aliphatic hydroxyl groups is 1. The first-order valence-electron chi connectivity index (χ1n) is 5.07. The molecule has 0 atom stereocenters. The molecule has 0 heterocycles. The summed E-state index contributed by atoms with van der Waals surface area (Å²) in [5.41, 5.74) is -1.88. The minimum absolute atomic E-state index is 0.540. The van der Waals surface area contributed by atoms with Crippen molar-refractivity contribution in [1.29, 1.82) is 0 Å². The standard InChI is InChI=1S/C10H21BO4/c1-6-14-8-7-11(13)15-10(4,5)9(2,3)12/h7-8,12-13H,6H2,1-5H3. The zero-order valence-electron chi connectivity index (χ0n) is 10.2. The van der Waals surface area contributed by atoms with Crippen LogP contribution in [0.2, 0.25) is 0 Å². The van der Waals surface area contributed by atoms with Gasteiger partial charge in [0, 0.05) is 0 Å². The van der Waals surface area contributed by atoms with E-state index in [0.29, 0.717) is 6.61 Å². The summed E-state index contributed by atoms with van der Waals surface area (Å²) in [6.07, 6.45) is 1.38. The van der Waals surface area contributed by atoms with Gasteiger partial charge in [0.25, 0.3) is 0 Å². The number of rotatable bonds is 6. The molecule has 0 aliphatic carbocycles. The van der Waals surface area contributed by atoms with Crippen molar-refractivity contribution < 1.29 is 19.5 Å². The topological polar surface area (TPSA) is 58.9 Å². The first-order valence-corrected chi connectivity index (χ1v) is 5.07. The molecular formula is C10H21BO4. The summed E-state index contributed by atoms with van der Waals surface area (Å²) < 4.78 is 10.2. The monoisotopic (exact) mass is 216 g/mol. The zero-order valence-corrected chi connectivity index (χ0v) is 10.2. The van der Waals surface area contributed by atoms with Gasteiger partial charge in [-0.25, -0.2) is 0 Å². The third kappa shape index (κ3) is 5.21. The largest absolute Gasteiger partial charge is 0.502 e. The molecule has 4 nitrogen and oxygen atoms in total. The fourth-order valence-electron chi connectivity index (χ4n) is 0.704. The molecule has 0 amide bonds. The van der Waals surface area contributed by atoms with Gasteiger partial charge in [0.15, 0.2) is 0 Å². The van der Waals surface area contributed by atoms with Gasteiger partial charge in [-0.2, -0.15) is 0 Å². The maximum atomic E-state index is 9.77. The molecule has 0 unspecified atom stereocenters. The SMILES string of the molecule is CCOC=CB(O)OC(C)(C)C(C)(C)O. The number of hydrogen-bond acceptors (Lipinski definition) is 4. The van der Waals surface area contributed by atoms with Gasteiger partial charge in [-0.05, 0) is 40.6 Å². The van der Waals surface area contributed by atoms with Crippen molar-refractivity contribution in [3.05, 3.63) is 12.2 Å². The Kier molecular flexibility index (Phi) is 5.35. The quantitative estimate of drug-likeness (QED) is 0.516. The van der Waals surface area contributed by atoms with E-state index in [1.165, 1.54) is 12.2 Å². The molecule has 0 saturated heterocycles. The molecule has 0 aliphatic heterocycles. The second kappa shape index (κ2) is 5.54. The van der Waals surface area contributed by atoms with E-state index in [1.54, 1.807) is 27.7 Å². The lowest BCUT2D eigenvalue weighted by Crippen LogP contribution is -2.50. The Morgan fingerprint density at radius 3 is 2.20 bits per heavy atom. The molecular weight excluding hydrogens is 195 g/mol. The van der Waals surface area contributed by atoms with Crippen molar-refractivity contribution in [2.45, 2.75) is 45.8 Å². The van der Waals surface area contributed by atoms with Crippen LogP contribution in [-0.4, -0.2) is 35.1 Å². The van der Waals surface area contributed by atoms with Crippen molar-refractivity contribution in [2.75, 3.05) is 6.61 Å². The molecule has 5 heteroatoms. The molecule has 15 heavy (non-hydrogen) atoms. The Morgan fingerprint density at radius 2 is 1.80 bits per heavy atom. The van der Waals surface area contributed by atoms with Gasteiger partial charge in [0.1, 0.15) is 0 Å². The van der Waals surface area contributed by atoms with Crippen LogP contribution in [0.4, 0.5) is 0 Å². The Morgan fingerprint density at radius 1 is 1.27 bits per heavy atom. The predicted molar refractivity (Wildman–Crippen MR) is 60.2 cm³/mol. The lowest BCUT2D eigenvalue weighted by atomic mass is 9.83.